The monoisotopic (exact) mass is 441 g/mol. The Morgan fingerprint density at radius 1 is 1.16 bits per heavy atom. The van der Waals surface area contributed by atoms with Crippen LogP contribution in [0.15, 0.2) is 42.0 Å². The molecule has 0 spiro atoms. The number of rotatable bonds is 9. The summed E-state index contributed by atoms with van der Waals surface area (Å²) >= 11 is 0. The fourth-order valence-corrected chi connectivity index (χ4v) is 4.41. The van der Waals surface area contributed by atoms with Crippen LogP contribution < -0.4 is 10.5 Å². The summed E-state index contributed by atoms with van der Waals surface area (Å²) in [4.78, 5) is 11.7. The zero-order chi connectivity index (χ0) is 24.2. The summed E-state index contributed by atoms with van der Waals surface area (Å²) < 4.78 is 6.04. The third kappa shape index (κ3) is 4.85. The van der Waals surface area contributed by atoms with Crippen LogP contribution in [0.1, 0.15) is 70.3 Å². The molecular formula is C26H35NO5. The van der Waals surface area contributed by atoms with Crippen molar-refractivity contribution in [1.29, 1.82) is 0 Å². The van der Waals surface area contributed by atoms with Crippen molar-refractivity contribution < 1.29 is 24.9 Å². The van der Waals surface area contributed by atoms with Crippen LogP contribution in [-0.4, -0.2) is 21.3 Å². The van der Waals surface area contributed by atoms with Crippen molar-refractivity contribution >= 4 is 11.7 Å². The number of benzene rings is 2. The Labute approximate surface area is 190 Å². The molecular weight excluding hydrogens is 406 g/mol. The van der Waals surface area contributed by atoms with Crippen LogP contribution in [0.25, 0.3) is 0 Å². The average molecular weight is 442 g/mol. The van der Waals surface area contributed by atoms with Crippen LogP contribution in [0, 0.1) is 11.8 Å². The standard InChI is InChI=1S/C26H35NO5/c1-7-15(4)16(5)20(8-2)26(6,9-3)24-21(29)13-18(28)14-23(24)32-22-11-10-17(27)12-19(22)25(30)31/h8,10-16,28-29H,7,9,27H2,1-6H3,(H,30,31). The van der Waals surface area contributed by atoms with Gasteiger partial charge in [-0.3, -0.25) is 0 Å². The molecule has 0 aliphatic rings. The van der Waals surface area contributed by atoms with E-state index in [-0.39, 0.29) is 34.5 Å². The molecule has 0 aromatic heterocycles. The van der Waals surface area contributed by atoms with Crippen molar-refractivity contribution in [3.8, 4) is 23.0 Å². The molecule has 32 heavy (non-hydrogen) atoms. The molecule has 0 aliphatic heterocycles. The van der Waals surface area contributed by atoms with Crippen molar-refractivity contribution in [2.24, 2.45) is 11.8 Å². The topological polar surface area (TPSA) is 113 Å². The van der Waals surface area contributed by atoms with Gasteiger partial charge in [0.05, 0.1) is 0 Å². The predicted molar refractivity (Wildman–Crippen MR) is 128 cm³/mol. The quantitative estimate of drug-likeness (QED) is 0.262. The molecule has 0 radical (unpaired) electrons. The highest BCUT2D eigenvalue weighted by Crippen LogP contribution is 2.50. The minimum absolute atomic E-state index is 0.0772. The van der Waals surface area contributed by atoms with Gasteiger partial charge in [-0.2, -0.15) is 0 Å². The van der Waals surface area contributed by atoms with E-state index >= 15 is 0 Å². The van der Waals surface area contributed by atoms with Gasteiger partial charge in [0.2, 0.25) is 0 Å². The van der Waals surface area contributed by atoms with Crippen LogP contribution in [0.5, 0.6) is 23.0 Å². The Morgan fingerprint density at radius 2 is 1.81 bits per heavy atom. The normalized spacial score (nSPS) is 15.6. The molecule has 0 amide bonds. The smallest absolute Gasteiger partial charge is 0.339 e. The summed E-state index contributed by atoms with van der Waals surface area (Å²) in [5, 5.41) is 30.8. The maximum absolute atomic E-state index is 11.7. The van der Waals surface area contributed by atoms with Gasteiger partial charge in [0.15, 0.2) is 0 Å². The van der Waals surface area contributed by atoms with E-state index in [2.05, 4.69) is 26.8 Å². The van der Waals surface area contributed by atoms with E-state index in [9.17, 15) is 20.1 Å². The number of carboxylic acid groups (broad SMARTS) is 1. The third-order valence-corrected chi connectivity index (χ3v) is 6.72. The molecule has 6 heteroatoms. The third-order valence-electron chi connectivity index (χ3n) is 6.72. The first-order valence-corrected chi connectivity index (χ1v) is 11.0. The fourth-order valence-electron chi connectivity index (χ4n) is 4.41. The van der Waals surface area contributed by atoms with Crippen LogP contribution in [0.3, 0.4) is 0 Å². The molecule has 0 saturated carbocycles. The van der Waals surface area contributed by atoms with Gasteiger partial charge in [0.1, 0.15) is 28.6 Å². The molecule has 2 rings (SSSR count). The van der Waals surface area contributed by atoms with Crippen molar-refractivity contribution in [2.75, 3.05) is 5.73 Å². The fraction of sp³-hybridized carbons (Fsp3) is 0.423. The van der Waals surface area contributed by atoms with Crippen LogP contribution >= 0.6 is 0 Å². The SMILES string of the molecule is CC=C(C(C)C(C)CC)C(C)(CC)c1c(O)cc(O)cc1Oc1ccc(N)cc1C(=O)O. The molecule has 0 saturated heterocycles. The summed E-state index contributed by atoms with van der Waals surface area (Å²) in [5.74, 6) is -0.524. The van der Waals surface area contributed by atoms with Gasteiger partial charge in [0, 0.05) is 28.8 Å². The van der Waals surface area contributed by atoms with Crippen molar-refractivity contribution in [3.05, 3.63) is 53.1 Å². The lowest BCUT2D eigenvalue weighted by Crippen LogP contribution is -2.30. The number of carbonyl (C=O) groups is 1. The molecule has 2 aromatic rings. The van der Waals surface area contributed by atoms with E-state index in [4.69, 9.17) is 10.5 Å². The van der Waals surface area contributed by atoms with E-state index in [1.54, 1.807) is 6.07 Å². The number of hydrogen-bond acceptors (Lipinski definition) is 5. The lowest BCUT2D eigenvalue weighted by Gasteiger charge is -2.38. The summed E-state index contributed by atoms with van der Waals surface area (Å²) in [6.45, 7) is 12.6. The number of phenols is 2. The maximum Gasteiger partial charge on any atom is 0.339 e. The highest BCUT2D eigenvalue weighted by Gasteiger charge is 2.38. The highest BCUT2D eigenvalue weighted by atomic mass is 16.5. The van der Waals surface area contributed by atoms with E-state index in [1.807, 2.05) is 20.8 Å². The Kier molecular flexibility index (Phi) is 7.83. The number of ether oxygens (including phenoxy) is 1. The number of carboxylic acids is 1. The number of aromatic carboxylic acids is 1. The molecule has 2 aromatic carbocycles. The number of nitrogen functional groups attached to an aromatic ring is 1. The lowest BCUT2D eigenvalue weighted by molar-refractivity contribution is 0.0694. The molecule has 174 valence electrons. The Balaban J connectivity index is 2.74. The Bertz CT molecular complexity index is 1010. The minimum Gasteiger partial charge on any atom is -0.508 e. The molecule has 0 aliphatic carbocycles. The summed E-state index contributed by atoms with van der Waals surface area (Å²) in [6, 6.07) is 7.04. The van der Waals surface area contributed by atoms with E-state index in [0.29, 0.717) is 23.6 Å². The van der Waals surface area contributed by atoms with Gasteiger partial charge in [-0.25, -0.2) is 4.79 Å². The maximum atomic E-state index is 11.7. The second-order valence-corrected chi connectivity index (χ2v) is 8.60. The molecule has 0 bridgehead atoms. The number of nitrogens with two attached hydrogens (primary N) is 1. The molecule has 3 unspecified atom stereocenters. The van der Waals surface area contributed by atoms with Crippen molar-refractivity contribution in [3.63, 3.8) is 0 Å². The van der Waals surface area contributed by atoms with Gasteiger partial charge in [-0.1, -0.05) is 52.7 Å². The van der Waals surface area contributed by atoms with Crippen molar-refractivity contribution in [2.45, 2.75) is 59.8 Å². The van der Waals surface area contributed by atoms with Gasteiger partial charge in [-0.15, -0.1) is 0 Å². The van der Waals surface area contributed by atoms with Crippen LogP contribution in [0.4, 0.5) is 5.69 Å². The molecule has 0 heterocycles. The first-order chi connectivity index (χ1) is 15.0. The van der Waals surface area contributed by atoms with Gasteiger partial charge in [0.25, 0.3) is 0 Å². The second-order valence-electron chi connectivity index (χ2n) is 8.60. The number of phenolic OH excluding ortho intramolecular Hbond substituents is 2. The number of allylic oxidation sites excluding steroid dienone is 2. The second kappa shape index (κ2) is 9.98. The van der Waals surface area contributed by atoms with E-state index in [0.717, 1.165) is 12.0 Å². The average Bonchev–Trinajstić information content (AvgIpc) is 2.73. The van der Waals surface area contributed by atoms with Crippen LogP contribution in [0.2, 0.25) is 0 Å². The predicted octanol–water partition coefficient (Wildman–Crippen LogP) is 6.47. The van der Waals surface area contributed by atoms with Gasteiger partial charge < -0.3 is 25.8 Å². The minimum atomic E-state index is -1.18. The molecule has 0 fully saturated rings. The largest absolute Gasteiger partial charge is 0.508 e. The highest BCUT2D eigenvalue weighted by molar-refractivity contribution is 5.92. The van der Waals surface area contributed by atoms with Gasteiger partial charge in [-0.05, 0) is 43.4 Å². The first-order valence-electron chi connectivity index (χ1n) is 11.0. The van der Waals surface area contributed by atoms with E-state index in [1.165, 1.54) is 24.3 Å². The molecule has 3 atom stereocenters. The molecule has 5 N–H and O–H groups in total. The van der Waals surface area contributed by atoms with Crippen molar-refractivity contribution in [1.82, 2.24) is 0 Å². The van der Waals surface area contributed by atoms with E-state index < -0.39 is 11.4 Å². The zero-order valence-corrected chi connectivity index (χ0v) is 19.8. The summed E-state index contributed by atoms with van der Waals surface area (Å²) in [6.07, 6.45) is 3.76. The zero-order valence-electron chi connectivity index (χ0n) is 19.8. The number of aromatic hydroxyl groups is 2. The number of hydrogen-bond donors (Lipinski definition) is 4. The lowest BCUT2D eigenvalue weighted by atomic mass is 9.66. The number of anilines is 1. The van der Waals surface area contributed by atoms with Gasteiger partial charge >= 0.3 is 5.97 Å². The first kappa shape index (κ1) is 25.1. The summed E-state index contributed by atoms with van der Waals surface area (Å²) in [5.41, 5.74) is 7.00. The molecule has 6 nitrogen and oxygen atoms in total. The Hall–Kier alpha value is -3.15. The Morgan fingerprint density at radius 3 is 2.34 bits per heavy atom. The van der Waals surface area contributed by atoms with Crippen LogP contribution in [-0.2, 0) is 5.41 Å². The summed E-state index contributed by atoms with van der Waals surface area (Å²) in [7, 11) is 0.